The number of aliphatic hydroxyl groups is 1. The third kappa shape index (κ3) is 4.75. The number of likely N-dealkylation sites (tertiary alicyclic amines) is 1. The van der Waals surface area contributed by atoms with Gasteiger partial charge in [0.15, 0.2) is 0 Å². The van der Waals surface area contributed by atoms with Crippen molar-refractivity contribution in [1.82, 2.24) is 25.2 Å². The lowest BCUT2D eigenvalue weighted by atomic mass is 10.0. The summed E-state index contributed by atoms with van der Waals surface area (Å²) in [4.78, 5) is 14.3. The van der Waals surface area contributed by atoms with Crippen molar-refractivity contribution in [3.05, 3.63) is 12.4 Å². The Kier molecular flexibility index (Phi) is 5.27. The number of hydrogen-bond acceptors (Lipinski definition) is 5. The van der Waals surface area contributed by atoms with Crippen LogP contribution < -0.4 is 5.32 Å². The number of nitrogens with one attached hydrogen (secondary N) is 1. The SMILES string of the molecule is O=C(CN1CCC(O)(Cn2ccnn2)C1)NC1CCCCCC1. The molecule has 1 atom stereocenters. The molecule has 1 amide bonds. The second-order valence-corrected chi connectivity index (χ2v) is 7.04. The van der Waals surface area contributed by atoms with Gasteiger partial charge in [0, 0.05) is 25.3 Å². The van der Waals surface area contributed by atoms with Gasteiger partial charge >= 0.3 is 0 Å². The number of nitrogens with zero attached hydrogens (tertiary/aromatic N) is 4. The topological polar surface area (TPSA) is 83.3 Å². The second-order valence-electron chi connectivity index (χ2n) is 7.04. The monoisotopic (exact) mass is 321 g/mol. The first-order valence-electron chi connectivity index (χ1n) is 8.71. The highest BCUT2D eigenvalue weighted by atomic mass is 16.3. The third-order valence-electron chi connectivity index (χ3n) is 4.93. The lowest BCUT2D eigenvalue weighted by Gasteiger charge is -2.23. The van der Waals surface area contributed by atoms with Crippen LogP contribution in [0.5, 0.6) is 0 Å². The lowest BCUT2D eigenvalue weighted by Crippen LogP contribution is -2.43. The van der Waals surface area contributed by atoms with Crippen LogP contribution in [0.3, 0.4) is 0 Å². The molecule has 1 aromatic rings. The molecule has 0 aromatic carbocycles. The maximum Gasteiger partial charge on any atom is 0.234 e. The zero-order chi connectivity index (χ0) is 16.1. The van der Waals surface area contributed by atoms with Crippen molar-refractivity contribution < 1.29 is 9.90 Å². The Hall–Kier alpha value is -1.47. The van der Waals surface area contributed by atoms with Crippen LogP contribution in [0.4, 0.5) is 0 Å². The van der Waals surface area contributed by atoms with E-state index in [2.05, 4.69) is 15.6 Å². The van der Waals surface area contributed by atoms with E-state index in [4.69, 9.17) is 0 Å². The maximum absolute atomic E-state index is 12.2. The van der Waals surface area contributed by atoms with E-state index in [1.54, 1.807) is 17.1 Å². The van der Waals surface area contributed by atoms with Crippen molar-refractivity contribution in [1.29, 1.82) is 0 Å². The lowest BCUT2D eigenvalue weighted by molar-refractivity contribution is -0.123. The average molecular weight is 321 g/mol. The van der Waals surface area contributed by atoms with Crippen LogP contribution in [0.1, 0.15) is 44.9 Å². The van der Waals surface area contributed by atoms with Gasteiger partial charge in [0.05, 0.1) is 24.9 Å². The first kappa shape index (κ1) is 16.4. The summed E-state index contributed by atoms with van der Waals surface area (Å²) in [5.41, 5.74) is -0.823. The molecule has 0 bridgehead atoms. The molecule has 2 fully saturated rings. The Morgan fingerprint density at radius 2 is 2.09 bits per heavy atom. The number of β-amino-alcohol motifs (C(OH)–C–C–N with tert-alkyl or cyclic N) is 1. The molecule has 1 saturated carbocycles. The summed E-state index contributed by atoms with van der Waals surface area (Å²) in [5, 5.41) is 21.5. The molecule has 23 heavy (non-hydrogen) atoms. The highest BCUT2D eigenvalue weighted by Crippen LogP contribution is 2.23. The van der Waals surface area contributed by atoms with E-state index in [-0.39, 0.29) is 5.91 Å². The van der Waals surface area contributed by atoms with Gasteiger partial charge in [-0.1, -0.05) is 30.9 Å². The normalized spacial score (nSPS) is 27.0. The van der Waals surface area contributed by atoms with Crippen molar-refractivity contribution in [2.24, 2.45) is 0 Å². The van der Waals surface area contributed by atoms with Crippen molar-refractivity contribution in [2.75, 3.05) is 19.6 Å². The van der Waals surface area contributed by atoms with Gasteiger partial charge in [0.1, 0.15) is 0 Å². The molecule has 7 heteroatoms. The number of amides is 1. The van der Waals surface area contributed by atoms with Gasteiger partial charge in [-0.3, -0.25) is 9.69 Å². The zero-order valence-electron chi connectivity index (χ0n) is 13.7. The molecule has 0 radical (unpaired) electrons. The van der Waals surface area contributed by atoms with Crippen molar-refractivity contribution in [3.63, 3.8) is 0 Å². The Bertz CT molecular complexity index is 499. The fourth-order valence-corrected chi connectivity index (χ4v) is 3.72. The number of aromatic nitrogens is 3. The van der Waals surface area contributed by atoms with E-state index >= 15 is 0 Å². The van der Waals surface area contributed by atoms with Gasteiger partial charge in [-0.15, -0.1) is 5.10 Å². The minimum absolute atomic E-state index is 0.0851. The smallest absolute Gasteiger partial charge is 0.234 e. The molecule has 3 rings (SSSR count). The van der Waals surface area contributed by atoms with E-state index in [0.717, 1.165) is 19.4 Å². The van der Waals surface area contributed by atoms with Crippen LogP contribution in [0.15, 0.2) is 12.4 Å². The molecule has 1 aliphatic heterocycles. The first-order chi connectivity index (χ1) is 11.1. The molecule has 1 aliphatic carbocycles. The summed E-state index contributed by atoms with van der Waals surface area (Å²) in [5.74, 6) is 0.0851. The van der Waals surface area contributed by atoms with Gasteiger partial charge < -0.3 is 10.4 Å². The molecular formula is C16H27N5O2. The number of carbonyl (C=O) groups excluding carboxylic acids is 1. The highest BCUT2D eigenvalue weighted by molar-refractivity contribution is 5.78. The maximum atomic E-state index is 12.2. The predicted octanol–water partition coefficient (Wildman–Crippen LogP) is 0.554. The average Bonchev–Trinajstić information content (AvgIpc) is 3.04. The molecule has 2 N–H and O–H groups in total. The summed E-state index contributed by atoms with van der Waals surface area (Å²) in [6, 6.07) is 0.335. The molecule has 1 aromatic heterocycles. The van der Waals surface area contributed by atoms with Crippen LogP contribution in [-0.4, -0.2) is 62.2 Å². The summed E-state index contributed by atoms with van der Waals surface area (Å²) >= 11 is 0. The minimum Gasteiger partial charge on any atom is -0.387 e. The second kappa shape index (κ2) is 7.40. The Labute approximate surface area is 137 Å². The number of carbonyl (C=O) groups is 1. The number of hydrogen-bond donors (Lipinski definition) is 2. The van der Waals surface area contributed by atoms with Crippen LogP contribution >= 0.6 is 0 Å². The van der Waals surface area contributed by atoms with Crippen molar-refractivity contribution in [3.8, 4) is 0 Å². The van der Waals surface area contributed by atoms with Crippen LogP contribution in [0, 0.1) is 0 Å². The Morgan fingerprint density at radius 3 is 2.78 bits per heavy atom. The molecule has 1 unspecified atom stereocenters. The Balaban J connectivity index is 1.44. The first-order valence-corrected chi connectivity index (χ1v) is 8.71. The van der Waals surface area contributed by atoms with Crippen LogP contribution in [-0.2, 0) is 11.3 Å². The highest BCUT2D eigenvalue weighted by Gasteiger charge is 2.37. The van der Waals surface area contributed by atoms with Gasteiger partial charge in [0.25, 0.3) is 0 Å². The summed E-state index contributed by atoms with van der Waals surface area (Å²) in [6.45, 7) is 2.04. The standard InChI is InChI=1S/C16H27N5O2/c22-15(18-14-5-3-1-2-4-6-14)11-20-9-7-16(23,12-20)13-21-10-8-17-19-21/h8,10,14,23H,1-7,9,11-13H2,(H,18,22). The van der Waals surface area contributed by atoms with Crippen LogP contribution in [0.2, 0.25) is 0 Å². The molecule has 1 saturated heterocycles. The van der Waals surface area contributed by atoms with Gasteiger partial charge in [-0.25, -0.2) is 4.68 Å². The van der Waals surface area contributed by atoms with Gasteiger partial charge in [-0.05, 0) is 19.3 Å². The van der Waals surface area contributed by atoms with Crippen LogP contribution in [0.25, 0.3) is 0 Å². The number of rotatable bonds is 5. The Morgan fingerprint density at radius 1 is 1.30 bits per heavy atom. The van der Waals surface area contributed by atoms with E-state index < -0.39 is 5.60 Å². The zero-order valence-corrected chi connectivity index (χ0v) is 13.7. The molecule has 2 aliphatic rings. The van der Waals surface area contributed by atoms with E-state index in [1.807, 2.05) is 4.90 Å². The predicted molar refractivity (Wildman–Crippen MR) is 85.7 cm³/mol. The van der Waals surface area contributed by atoms with Crippen molar-refractivity contribution in [2.45, 2.75) is 63.1 Å². The van der Waals surface area contributed by atoms with E-state index in [9.17, 15) is 9.90 Å². The molecular weight excluding hydrogens is 294 g/mol. The molecule has 2 heterocycles. The van der Waals surface area contributed by atoms with E-state index in [1.165, 1.54) is 25.7 Å². The molecule has 0 spiro atoms. The quantitative estimate of drug-likeness (QED) is 0.774. The molecule has 7 nitrogen and oxygen atoms in total. The van der Waals surface area contributed by atoms with Crippen molar-refractivity contribution >= 4 is 5.91 Å². The third-order valence-corrected chi connectivity index (χ3v) is 4.93. The largest absolute Gasteiger partial charge is 0.387 e. The fraction of sp³-hybridized carbons (Fsp3) is 0.812. The van der Waals surface area contributed by atoms with E-state index in [0.29, 0.717) is 32.1 Å². The summed E-state index contributed by atoms with van der Waals surface area (Å²) in [6.07, 6.45) is 11.2. The van der Waals surface area contributed by atoms with Gasteiger partial charge in [0.2, 0.25) is 5.91 Å². The fourth-order valence-electron chi connectivity index (χ4n) is 3.72. The van der Waals surface area contributed by atoms with Gasteiger partial charge in [-0.2, -0.15) is 0 Å². The summed E-state index contributed by atoms with van der Waals surface area (Å²) < 4.78 is 1.65. The molecule has 128 valence electrons. The minimum atomic E-state index is -0.823. The summed E-state index contributed by atoms with van der Waals surface area (Å²) in [7, 11) is 0.